The molecule has 4 heterocycles. The highest BCUT2D eigenvalue weighted by atomic mass is 32.2. The number of likely N-dealkylation sites (tertiary alicyclic amines) is 1. The molecule has 2 aromatic rings. The number of pyridine rings is 1. The molecule has 0 aliphatic carbocycles. The zero-order valence-electron chi connectivity index (χ0n) is 19.5. The second kappa shape index (κ2) is 10.4. The molecule has 208 valence electrons. The third-order valence-electron chi connectivity index (χ3n) is 5.81. The number of nitrogens with one attached hydrogen (secondary N) is 2. The maximum Gasteiger partial charge on any atom is 0.405 e. The number of hydrogen-bond acceptors (Lipinski definition) is 7. The van der Waals surface area contributed by atoms with Gasteiger partial charge in [0.05, 0.1) is 17.5 Å². The van der Waals surface area contributed by atoms with Gasteiger partial charge in [0.25, 0.3) is 24.2 Å². The Kier molecular flexibility index (Phi) is 7.71. The van der Waals surface area contributed by atoms with E-state index in [1.54, 1.807) is 0 Å². The number of rotatable bonds is 7. The molecule has 0 bridgehead atoms. The van der Waals surface area contributed by atoms with Crippen molar-refractivity contribution in [3.63, 3.8) is 0 Å². The highest BCUT2D eigenvalue weighted by molar-refractivity contribution is 7.86. The summed E-state index contributed by atoms with van der Waals surface area (Å²) < 4.78 is 105. The molecule has 0 aromatic carbocycles. The van der Waals surface area contributed by atoms with Crippen LogP contribution in [0.2, 0.25) is 0 Å². The van der Waals surface area contributed by atoms with Crippen LogP contribution in [0.3, 0.4) is 0 Å². The smallest absolute Gasteiger partial charge is 0.361 e. The Hall–Kier alpha value is -2.82. The van der Waals surface area contributed by atoms with Crippen LogP contribution in [0.1, 0.15) is 45.6 Å². The Morgan fingerprint density at radius 3 is 2.53 bits per heavy atom. The van der Waals surface area contributed by atoms with E-state index in [4.69, 9.17) is 0 Å². The number of alkyl halides is 7. The molecule has 0 saturated carbocycles. The molecule has 0 spiro atoms. The summed E-state index contributed by atoms with van der Waals surface area (Å²) in [6, 6.07) is -0.671. The van der Waals surface area contributed by atoms with Crippen LogP contribution in [0.5, 0.6) is 0 Å². The van der Waals surface area contributed by atoms with E-state index in [2.05, 4.69) is 15.3 Å². The predicted molar refractivity (Wildman–Crippen MR) is 124 cm³/mol. The highest BCUT2D eigenvalue weighted by Crippen LogP contribution is 2.40. The van der Waals surface area contributed by atoms with E-state index in [1.165, 1.54) is 6.92 Å². The molecule has 2 fully saturated rings. The fraction of sp³-hybridized carbons (Fsp3) is 0.524. The number of anilines is 1. The number of nitrogens with zero attached hydrogens (tertiary/aromatic N) is 3. The lowest BCUT2D eigenvalue weighted by Crippen LogP contribution is -2.50. The summed E-state index contributed by atoms with van der Waals surface area (Å²) >= 11 is 0.534. The average Bonchev–Trinajstić information content (AvgIpc) is 3.35. The van der Waals surface area contributed by atoms with Crippen LogP contribution in [-0.4, -0.2) is 79.7 Å². The molecule has 2 aromatic heterocycles. The topological polar surface area (TPSA) is 104 Å². The quantitative estimate of drug-likeness (QED) is 0.478. The van der Waals surface area contributed by atoms with Gasteiger partial charge in [0.2, 0.25) is 0 Å². The number of amides is 2. The molecular weight excluding hydrogens is 567 g/mol. The van der Waals surface area contributed by atoms with E-state index < -0.39 is 89.8 Å². The minimum atomic E-state index is -4.65. The van der Waals surface area contributed by atoms with E-state index in [0.29, 0.717) is 17.4 Å². The molecule has 2 aliphatic heterocycles. The number of aromatic nitrogens is 2. The monoisotopic (exact) mass is 587 g/mol. The summed E-state index contributed by atoms with van der Waals surface area (Å²) in [5, 5.41) is 4.11. The summed E-state index contributed by atoms with van der Waals surface area (Å²) in [6.07, 6.45) is -7.70. The predicted octanol–water partition coefficient (Wildman–Crippen LogP) is 3.85. The molecule has 0 radical (unpaired) electrons. The molecule has 1 unspecified atom stereocenters. The first-order valence-electron chi connectivity index (χ1n) is 11.1. The van der Waals surface area contributed by atoms with Gasteiger partial charge in [-0.3, -0.25) is 13.8 Å². The SMILES string of the molecule is CC1CC(F)(F)CN1C(=O)c1nc(C(=O)NC2CS(=O)C2)sc1-c1cnc(NCC(F)(F)F)cc1C(F)F. The lowest BCUT2D eigenvalue weighted by molar-refractivity contribution is -0.115. The lowest BCUT2D eigenvalue weighted by Gasteiger charge is -2.25. The van der Waals surface area contributed by atoms with Gasteiger partial charge in [0.15, 0.2) is 5.01 Å². The largest absolute Gasteiger partial charge is 0.405 e. The van der Waals surface area contributed by atoms with Crippen molar-refractivity contribution in [3.05, 3.63) is 28.5 Å². The van der Waals surface area contributed by atoms with E-state index >= 15 is 0 Å². The normalized spacial score (nSPS) is 22.9. The van der Waals surface area contributed by atoms with Crippen molar-refractivity contribution in [2.75, 3.05) is 29.9 Å². The van der Waals surface area contributed by atoms with Crippen molar-refractivity contribution in [2.24, 2.45) is 0 Å². The first-order chi connectivity index (χ1) is 17.6. The fourth-order valence-corrected chi connectivity index (χ4v) is 5.98. The molecular formula is C21H20F7N5O3S2. The molecule has 2 aliphatic rings. The molecule has 2 saturated heterocycles. The van der Waals surface area contributed by atoms with Gasteiger partial charge in [0, 0.05) is 52.1 Å². The van der Waals surface area contributed by atoms with E-state index in [-0.39, 0.29) is 27.0 Å². The van der Waals surface area contributed by atoms with E-state index in [0.717, 1.165) is 11.1 Å². The molecule has 1 atom stereocenters. The zero-order chi connectivity index (χ0) is 28.0. The van der Waals surface area contributed by atoms with Crippen molar-refractivity contribution in [1.29, 1.82) is 0 Å². The Morgan fingerprint density at radius 2 is 1.97 bits per heavy atom. The van der Waals surface area contributed by atoms with Gasteiger partial charge in [0.1, 0.15) is 18.1 Å². The van der Waals surface area contributed by atoms with Crippen LogP contribution in [0.15, 0.2) is 12.3 Å². The molecule has 8 nitrogen and oxygen atoms in total. The van der Waals surface area contributed by atoms with Crippen molar-refractivity contribution < 1.29 is 44.5 Å². The first-order valence-corrected chi connectivity index (χ1v) is 13.4. The van der Waals surface area contributed by atoms with Crippen LogP contribution in [-0.2, 0) is 10.8 Å². The van der Waals surface area contributed by atoms with Crippen LogP contribution in [0, 0.1) is 0 Å². The van der Waals surface area contributed by atoms with E-state index in [1.807, 2.05) is 5.32 Å². The van der Waals surface area contributed by atoms with Gasteiger partial charge in [-0.25, -0.2) is 27.5 Å². The standard InChI is InChI=1S/C21H20F7N5O3S2/c1-9-3-20(24,25)8-33(9)19(35)14-15(37-18(32-14)17(34)31-10-5-38(36)6-10)12-4-29-13(2-11(12)16(22)23)30-7-21(26,27)28/h2,4,9-10,16H,3,5-8H2,1H3,(H,29,30)(H,31,34). The van der Waals surface area contributed by atoms with Gasteiger partial charge < -0.3 is 15.5 Å². The highest BCUT2D eigenvalue weighted by Gasteiger charge is 2.46. The Bertz CT molecular complexity index is 1260. The van der Waals surface area contributed by atoms with Crippen LogP contribution < -0.4 is 10.6 Å². The molecule has 17 heteroatoms. The van der Waals surface area contributed by atoms with Crippen molar-refractivity contribution in [2.45, 2.75) is 44.0 Å². The summed E-state index contributed by atoms with van der Waals surface area (Å²) in [5.74, 6) is -5.12. The van der Waals surface area contributed by atoms with Crippen molar-refractivity contribution in [3.8, 4) is 10.4 Å². The lowest BCUT2D eigenvalue weighted by atomic mass is 10.1. The van der Waals surface area contributed by atoms with Crippen LogP contribution in [0.4, 0.5) is 36.6 Å². The van der Waals surface area contributed by atoms with Crippen LogP contribution >= 0.6 is 11.3 Å². The van der Waals surface area contributed by atoms with Gasteiger partial charge in [-0.05, 0) is 13.0 Å². The van der Waals surface area contributed by atoms with Gasteiger partial charge >= 0.3 is 6.18 Å². The maximum absolute atomic E-state index is 14.0. The number of carbonyl (C=O) groups is 2. The first kappa shape index (κ1) is 28.2. The average molecular weight is 588 g/mol. The second-order valence-corrected chi connectivity index (χ2v) is 11.5. The number of hydrogen-bond donors (Lipinski definition) is 2. The van der Waals surface area contributed by atoms with Crippen molar-refractivity contribution >= 4 is 39.8 Å². The van der Waals surface area contributed by atoms with E-state index in [9.17, 15) is 44.5 Å². The van der Waals surface area contributed by atoms with Crippen LogP contribution in [0.25, 0.3) is 10.4 Å². The fourth-order valence-electron chi connectivity index (χ4n) is 4.02. The number of carbonyl (C=O) groups excluding carboxylic acids is 2. The molecule has 2 N–H and O–H groups in total. The van der Waals surface area contributed by atoms with Gasteiger partial charge in [-0.15, -0.1) is 11.3 Å². The Morgan fingerprint density at radius 1 is 1.29 bits per heavy atom. The van der Waals surface area contributed by atoms with Gasteiger partial charge in [-0.2, -0.15) is 13.2 Å². The summed E-state index contributed by atoms with van der Waals surface area (Å²) in [7, 11) is -1.09. The Balaban J connectivity index is 1.74. The minimum absolute atomic E-state index is 0.196. The van der Waals surface area contributed by atoms with Crippen molar-refractivity contribution in [1.82, 2.24) is 20.2 Å². The minimum Gasteiger partial charge on any atom is -0.361 e. The maximum atomic E-state index is 14.0. The molecule has 4 rings (SSSR count). The van der Waals surface area contributed by atoms with Gasteiger partial charge in [-0.1, -0.05) is 0 Å². The zero-order valence-corrected chi connectivity index (χ0v) is 21.1. The summed E-state index contributed by atoms with van der Waals surface area (Å²) in [4.78, 5) is 34.3. The number of thiazole rings is 1. The number of halogens is 7. The molecule has 38 heavy (non-hydrogen) atoms. The summed E-state index contributed by atoms with van der Waals surface area (Å²) in [5.41, 5.74) is -1.73. The second-order valence-electron chi connectivity index (χ2n) is 8.91. The third-order valence-corrected chi connectivity index (χ3v) is 8.44. The molecule has 2 amide bonds. The third kappa shape index (κ3) is 6.24. The summed E-state index contributed by atoms with van der Waals surface area (Å²) in [6.45, 7) is -1.11. The Labute approximate surface area is 217 Å².